The van der Waals surface area contributed by atoms with E-state index in [1.165, 1.54) is 23.7 Å². The number of carbonyl (C=O) groups excluding carboxylic acids is 1. The topological polar surface area (TPSA) is 72.6 Å². The number of hydrazone groups is 1. The first-order chi connectivity index (χ1) is 16.6. The predicted molar refractivity (Wildman–Crippen MR) is 133 cm³/mol. The van der Waals surface area contributed by atoms with Crippen LogP contribution in [0.1, 0.15) is 18.7 Å². The number of thioether (sulfide) groups is 1. The zero-order chi connectivity index (χ0) is 23.5. The second-order valence-corrected chi connectivity index (χ2v) is 8.83. The number of para-hydroxylation sites is 1. The van der Waals surface area contributed by atoms with E-state index < -0.39 is 6.23 Å². The lowest BCUT2D eigenvalue weighted by Crippen LogP contribution is -2.25. The lowest BCUT2D eigenvalue weighted by Gasteiger charge is -2.20. The third-order valence-corrected chi connectivity index (χ3v) is 6.45. The Morgan fingerprint density at radius 2 is 1.65 bits per heavy atom. The number of ether oxygens (including phenoxy) is 1. The van der Waals surface area contributed by atoms with Gasteiger partial charge in [-0.15, -0.1) is 15.3 Å². The maximum absolute atomic E-state index is 12.2. The van der Waals surface area contributed by atoms with Crippen molar-refractivity contribution in [1.29, 1.82) is 0 Å². The molecule has 1 aliphatic rings. The first-order valence-corrected chi connectivity index (χ1v) is 12.0. The lowest BCUT2D eigenvalue weighted by atomic mass is 10.2. The molecule has 1 atom stereocenters. The van der Waals surface area contributed by atoms with Crippen molar-refractivity contribution in [2.24, 2.45) is 5.10 Å². The van der Waals surface area contributed by atoms with Gasteiger partial charge in [0.2, 0.25) is 18.0 Å². The zero-order valence-corrected chi connectivity index (χ0v) is 19.8. The summed E-state index contributed by atoms with van der Waals surface area (Å²) in [7, 11) is 0. The van der Waals surface area contributed by atoms with Crippen LogP contribution < -0.4 is 0 Å². The first kappa shape index (κ1) is 22.2. The lowest BCUT2D eigenvalue weighted by molar-refractivity contribution is -0.135. The molecule has 3 aromatic carbocycles. The van der Waals surface area contributed by atoms with Crippen molar-refractivity contribution >= 4 is 35.2 Å². The normalized spacial score (nSPS) is 15.2. The summed E-state index contributed by atoms with van der Waals surface area (Å²) in [5.74, 6) is 1.28. The van der Waals surface area contributed by atoms with E-state index in [-0.39, 0.29) is 5.91 Å². The molecule has 0 N–H and O–H groups in total. The second-order valence-electron chi connectivity index (χ2n) is 7.48. The zero-order valence-electron chi connectivity index (χ0n) is 18.2. The van der Waals surface area contributed by atoms with Crippen LogP contribution in [0.5, 0.6) is 0 Å². The molecular formula is C25H20ClN5O2S. The third-order valence-electron chi connectivity index (χ3n) is 5.19. The fraction of sp³-hybridized carbons (Fsp3) is 0.120. The molecule has 0 saturated heterocycles. The van der Waals surface area contributed by atoms with Crippen LogP contribution in [0.25, 0.3) is 17.1 Å². The summed E-state index contributed by atoms with van der Waals surface area (Å²) in [6, 6.07) is 27.1. The number of aromatic nitrogens is 3. The van der Waals surface area contributed by atoms with Crippen LogP contribution in [0.4, 0.5) is 0 Å². The van der Waals surface area contributed by atoms with Gasteiger partial charge in [-0.1, -0.05) is 90.1 Å². The molecular weight excluding hydrogens is 470 g/mol. The summed E-state index contributed by atoms with van der Waals surface area (Å²) in [5.41, 5.74) is 2.59. The Bertz CT molecular complexity index is 1340. The molecule has 34 heavy (non-hydrogen) atoms. The van der Waals surface area contributed by atoms with E-state index in [1.54, 1.807) is 6.07 Å². The molecule has 0 bridgehead atoms. The number of benzene rings is 3. The number of rotatable bonds is 6. The summed E-state index contributed by atoms with van der Waals surface area (Å²) in [6.45, 7) is 1.45. The van der Waals surface area contributed by atoms with Crippen LogP contribution in [0.2, 0.25) is 5.02 Å². The standard InChI is InChI=1S/C25H20ClN5O2S/c1-17(32)31-24(20-14-8-9-15-21(20)26)33-22(29-31)16-34-25-28-27-23(18-10-4-2-5-11-18)30(25)19-12-6-3-7-13-19/h2-15,24H,16H2,1H3/t24-/m0/s1. The van der Waals surface area contributed by atoms with Crippen molar-refractivity contribution in [3.05, 3.63) is 95.5 Å². The number of hydrogen-bond donors (Lipinski definition) is 0. The van der Waals surface area contributed by atoms with E-state index >= 15 is 0 Å². The monoisotopic (exact) mass is 489 g/mol. The highest BCUT2D eigenvalue weighted by Crippen LogP contribution is 2.34. The number of nitrogens with zero attached hydrogens (tertiary/aromatic N) is 5. The molecule has 0 radical (unpaired) electrons. The molecule has 1 amide bonds. The SMILES string of the molecule is CC(=O)N1N=C(CSc2nnc(-c3ccccc3)n2-c2ccccc2)O[C@H]1c1ccccc1Cl. The fourth-order valence-electron chi connectivity index (χ4n) is 3.62. The van der Waals surface area contributed by atoms with E-state index in [9.17, 15) is 4.79 Å². The van der Waals surface area contributed by atoms with Gasteiger partial charge >= 0.3 is 0 Å². The molecule has 7 nitrogen and oxygen atoms in total. The second kappa shape index (κ2) is 9.70. The van der Waals surface area contributed by atoms with Gasteiger partial charge in [-0.25, -0.2) is 0 Å². The van der Waals surface area contributed by atoms with Crippen molar-refractivity contribution in [3.8, 4) is 17.1 Å². The summed E-state index contributed by atoms with van der Waals surface area (Å²) < 4.78 is 8.06. The van der Waals surface area contributed by atoms with E-state index in [2.05, 4.69) is 15.3 Å². The molecule has 170 valence electrons. The molecule has 0 aliphatic carbocycles. The Hall–Kier alpha value is -3.62. The molecule has 9 heteroatoms. The van der Waals surface area contributed by atoms with Crippen molar-refractivity contribution in [2.75, 3.05) is 5.75 Å². The Labute approximate surface area is 206 Å². The molecule has 0 unspecified atom stereocenters. The predicted octanol–water partition coefficient (Wildman–Crippen LogP) is 5.57. The smallest absolute Gasteiger partial charge is 0.243 e. The van der Waals surface area contributed by atoms with Gasteiger partial charge in [-0.3, -0.25) is 9.36 Å². The summed E-state index contributed by atoms with van der Waals surface area (Å²) >= 11 is 7.78. The van der Waals surface area contributed by atoms with Crippen molar-refractivity contribution in [2.45, 2.75) is 18.3 Å². The van der Waals surface area contributed by atoms with Crippen LogP contribution in [-0.2, 0) is 9.53 Å². The van der Waals surface area contributed by atoms with Gasteiger partial charge in [-0.05, 0) is 18.2 Å². The van der Waals surface area contributed by atoms with Gasteiger partial charge in [-0.2, -0.15) is 5.01 Å². The summed E-state index contributed by atoms with van der Waals surface area (Å²) in [5, 5.41) is 15.8. The minimum Gasteiger partial charge on any atom is -0.449 e. The van der Waals surface area contributed by atoms with Crippen molar-refractivity contribution in [3.63, 3.8) is 0 Å². The molecule has 1 aliphatic heterocycles. The molecule has 2 heterocycles. The maximum Gasteiger partial charge on any atom is 0.243 e. The molecule has 0 saturated carbocycles. The molecule has 0 fully saturated rings. The number of carbonyl (C=O) groups is 1. The molecule has 1 aromatic heterocycles. The van der Waals surface area contributed by atoms with Gasteiger partial charge in [0.05, 0.1) is 5.75 Å². The van der Waals surface area contributed by atoms with Crippen LogP contribution in [0.3, 0.4) is 0 Å². The van der Waals surface area contributed by atoms with Crippen molar-refractivity contribution in [1.82, 2.24) is 19.8 Å². The fourth-order valence-corrected chi connectivity index (χ4v) is 4.64. The van der Waals surface area contributed by atoms with E-state index in [1.807, 2.05) is 83.4 Å². The van der Waals surface area contributed by atoms with Gasteiger partial charge in [0.25, 0.3) is 0 Å². The summed E-state index contributed by atoms with van der Waals surface area (Å²) in [6.07, 6.45) is -0.700. The Balaban J connectivity index is 1.42. The maximum atomic E-state index is 12.2. The van der Waals surface area contributed by atoms with Gasteiger partial charge in [0, 0.05) is 28.8 Å². The van der Waals surface area contributed by atoms with Crippen molar-refractivity contribution < 1.29 is 9.53 Å². The molecule has 5 rings (SSSR count). The van der Waals surface area contributed by atoms with E-state index in [0.29, 0.717) is 27.4 Å². The quantitative estimate of drug-likeness (QED) is 0.331. The van der Waals surface area contributed by atoms with Crippen LogP contribution in [0.15, 0.2) is 95.2 Å². The van der Waals surface area contributed by atoms with Crippen LogP contribution in [0, 0.1) is 0 Å². The molecule has 0 spiro atoms. The molecule has 4 aromatic rings. The Morgan fingerprint density at radius 3 is 2.35 bits per heavy atom. The number of amides is 1. The van der Waals surface area contributed by atoms with E-state index in [4.69, 9.17) is 16.3 Å². The Morgan fingerprint density at radius 1 is 0.971 bits per heavy atom. The Kier molecular flexibility index (Phi) is 6.33. The van der Waals surface area contributed by atoms with E-state index in [0.717, 1.165) is 17.1 Å². The highest BCUT2D eigenvalue weighted by Gasteiger charge is 2.34. The first-order valence-electron chi connectivity index (χ1n) is 10.6. The van der Waals surface area contributed by atoms with Gasteiger partial charge < -0.3 is 4.74 Å². The van der Waals surface area contributed by atoms with Gasteiger partial charge in [0.15, 0.2) is 11.0 Å². The number of hydrogen-bond acceptors (Lipinski definition) is 6. The number of halogens is 1. The average molecular weight is 490 g/mol. The summed E-state index contributed by atoms with van der Waals surface area (Å²) in [4.78, 5) is 12.2. The minimum atomic E-state index is -0.700. The average Bonchev–Trinajstić information content (AvgIpc) is 3.49. The minimum absolute atomic E-state index is 0.233. The van der Waals surface area contributed by atoms with Gasteiger partial charge in [0.1, 0.15) is 0 Å². The largest absolute Gasteiger partial charge is 0.449 e. The van der Waals surface area contributed by atoms with Crippen LogP contribution >= 0.6 is 23.4 Å². The third kappa shape index (κ3) is 4.42. The highest BCUT2D eigenvalue weighted by molar-refractivity contribution is 7.99. The van der Waals surface area contributed by atoms with Crippen LogP contribution in [-0.4, -0.2) is 37.3 Å². The highest BCUT2D eigenvalue weighted by atomic mass is 35.5.